The number of fused-ring (bicyclic) bond motifs is 1. The molecule has 4 aromatic rings. The number of aliphatic hydroxyl groups is 1. The van der Waals surface area contributed by atoms with E-state index in [1.165, 1.54) is 37.3 Å². The van der Waals surface area contributed by atoms with Crippen molar-refractivity contribution in [3.05, 3.63) is 65.1 Å². The van der Waals surface area contributed by atoms with Gasteiger partial charge in [0.15, 0.2) is 20.8 Å². The van der Waals surface area contributed by atoms with E-state index in [4.69, 9.17) is 16.2 Å². The molecule has 0 aliphatic carbocycles. The van der Waals surface area contributed by atoms with Gasteiger partial charge in [-0.05, 0) is 37.3 Å². The number of thiazole rings is 1. The van der Waals surface area contributed by atoms with Crippen LogP contribution in [0.2, 0.25) is 0 Å². The number of pyridine rings is 1. The molecule has 0 unspecified atom stereocenters. The van der Waals surface area contributed by atoms with E-state index >= 15 is 0 Å². The molecule has 1 atom stereocenters. The summed E-state index contributed by atoms with van der Waals surface area (Å²) in [5, 5.41) is 13.1. The van der Waals surface area contributed by atoms with E-state index in [1.807, 2.05) is 5.32 Å². The molecule has 0 radical (unpaired) electrons. The highest BCUT2D eigenvalue weighted by Gasteiger charge is 2.56. The standard InChI is InChI=1S/C28H27F4N5O6S2/c1-3-43-24-15(12-21(33)38)11-20(36-22(24)14-5-7-17(8-6-14)45(41,42)4-2)27(40,28(30,31)32)13-35-25(39)16-9-18(29)23-19(10-16)44-26(34)37-23/h5-11,40H,3-4,12-13H2,1-2H3,(H2,33,38)(H2,34,37)(H,35,39)/t27-/m0/s1. The Hall–Kier alpha value is -4.35. The molecule has 2 amide bonds. The molecule has 0 aliphatic heterocycles. The van der Waals surface area contributed by atoms with Crippen molar-refractivity contribution in [3.8, 4) is 17.0 Å². The van der Waals surface area contributed by atoms with E-state index in [0.717, 1.165) is 23.5 Å². The highest BCUT2D eigenvalue weighted by Crippen LogP contribution is 2.42. The number of carbonyl (C=O) groups is 2. The Morgan fingerprint density at radius 1 is 1.09 bits per heavy atom. The number of nitrogens with two attached hydrogens (primary N) is 2. The molecule has 4 rings (SSSR count). The number of hydrogen-bond acceptors (Lipinski definition) is 10. The fourth-order valence-corrected chi connectivity index (χ4v) is 6.06. The van der Waals surface area contributed by atoms with Crippen LogP contribution in [0.3, 0.4) is 0 Å². The summed E-state index contributed by atoms with van der Waals surface area (Å²) in [5.41, 5.74) is 5.30. The van der Waals surface area contributed by atoms with Crippen LogP contribution in [-0.2, 0) is 26.7 Å². The molecule has 2 heterocycles. The minimum absolute atomic E-state index is 0.00596. The van der Waals surface area contributed by atoms with Gasteiger partial charge in [-0.2, -0.15) is 13.2 Å². The van der Waals surface area contributed by atoms with Crippen LogP contribution < -0.4 is 21.5 Å². The van der Waals surface area contributed by atoms with Crippen LogP contribution >= 0.6 is 11.3 Å². The predicted molar refractivity (Wildman–Crippen MR) is 158 cm³/mol. The molecule has 0 aliphatic rings. The summed E-state index contributed by atoms with van der Waals surface area (Å²) < 4.78 is 88.7. The van der Waals surface area contributed by atoms with Crippen molar-refractivity contribution in [1.29, 1.82) is 0 Å². The molecule has 0 spiro atoms. The molecule has 0 saturated heterocycles. The summed E-state index contributed by atoms with van der Waals surface area (Å²) >= 11 is 0.861. The van der Waals surface area contributed by atoms with E-state index in [9.17, 15) is 40.7 Å². The lowest BCUT2D eigenvalue weighted by Gasteiger charge is -2.31. The summed E-state index contributed by atoms with van der Waals surface area (Å²) in [7, 11) is -3.62. The summed E-state index contributed by atoms with van der Waals surface area (Å²) in [6.45, 7) is 1.54. The second-order valence-electron chi connectivity index (χ2n) is 9.75. The van der Waals surface area contributed by atoms with Crippen LogP contribution in [0.25, 0.3) is 21.5 Å². The maximum atomic E-state index is 14.6. The highest BCUT2D eigenvalue weighted by molar-refractivity contribution is 7.91. The van der Waals surface area contributed by atoms with Crippen molar-refractivity contribution >= 4 is 48.3 Å². The van der Waals surface area contributed by atoms with Gasteiger partial charge in [-0.15, -0.1) is 0 Å². The second-order valence-corrected chi connectivity index (χ2v) is 13.1. The van der Waals surface area contributed by atoms with E-state index < -0.39 is 57.9 Å². The Labute approximate surface area is 258 Å². The molecule has 0 bridgehead atoms. The molecule has 2 aromatic carbocycles. The van der Waals surface area contributed by atoms with Gasteiger partial charge >= 0.3 is 6.18 Å². The number of aromatic nitrogens is 2. The largest absolute Gasteiger partial charge is 0.491 e. The summed E-state index contributed by atoms with van der Waals surface area (Å²) in [6, 6.07) is 7.79. The third-order valence-corrected chi connectivity index (χ3v) is 9.28. The molecule has 6 N–H and O–H groups in total. The number of anilines is 1. The van der Waals surface area contributed by atoms with Crippen molar-refractivity contribution in [1.82, 2.24) is 15.3 Å². The zero-order valence-electron chi connectivity index (χ0n) is 23.7. The van der Waals surface area contributed by atoms with Crippen LogP contribution in [0.1, 0.15) is 35.5 Å². The number of carbonyl (C=O) groups excluding carboxylic acids is 2. The number of nitrogens with one attached hydrogen (secondary N) is 1. The number of nitrogens with zero attached hydrogens (tertiary/aromatic N) is 2. The van der Waals surface area contributed by atoms with Gasteiger partial charge in [-0.1, -0.05) is 30.4 Å². The average molecular weight is 670 g/mol. The van der Waals surface area contributed by atoms with Gasteiger partial charge in [0.25, 0.3) is 5.91 Å². The molecule has 2 aromatic heterocycles. The normalized spacial score (nSPS) is 13.4. The molecule has 17 heteroatoms. The van der Waals surface area contributed by atoms with Crippen LogP contribution in [0, 0.1) is 5.82 Å². The van der Waals surface area contributed by atoms with Gasteiger partial charge in [-0.25, -0.2) is 22.8 Å². The molecule has 240 valence electrons. The Kier molecular flexibility index (Phi) is 9.37. The highest BCUT2D eigenvalue weighted by atomic mass is 32.2. The minimum Gasteiger partial charge on any atom is -0.491 e. The number of nitrogen functional groups attached to an aromatic ring is 1. The first-order valence-electron chi connectivity index (χ1n) is 13.2. The van der Waals surface area contributed by atoms with E-state index in [0.29, 0.717) is 0 Å². The fourth-order valence-electron chi connectivity index (χ4n) is 4.39. The van der Waals surface area contributed by atoms with Crippen molar-refractivity contribution in [2.45, 2.75) is 36.9 Å². The smallest absolute Gasteiger partial charge is 0.424 e. The number of primary amides is 1. The topological polar surface area (TPSA) is 188 Å². The lowest BCUT2D eigenvalue weighted by molar-refractivity contribution is -0.265. The predicted octanol–water partition coefficient (Wildman–Crippen LogP) is 3.48. The van der Waals surface area contributed by atoms with Crippen molar-refractivity contribution in [2.75, 3.05) is 24.6 Å². The lowest BCUT2D eigenvalue weighted by atomic mass is 9.93. The van der Waals surface area contributed by atoms with Gasteiger partial charge in [0.2, 0.25) is 11.5 Å². The zero-order valence-corrected chi connectivity index (χ0v) is 25.4. The minimum atomic E-state index is -5.44. The van der Waals surface area contributed by atoms with Crippen molar-refractivity contribution < 1.29 is 45.4 Å². The first-order valence-corrected chi connectivity index (χ1v) is 15.7. The summed E-state index contributed by atoms with van der Waals surface area (Å²) in [4.78, 5) is 32.6. The molecular formula is C28H27F4N5O6S2. The molecule has 11 nitrogen and oxygen atoms in total. The van der Waals surface area contributed by atoms with Crippen LogP contribution in [0.5, 0.6) is 5.75 Å². The number of hydrogen-bond donors (Lipinski definition) is 4. The summed E-state index contributed by atoms with van der Waals surface area (Å²) in [5.74, 6) is -3.33. The van der Waals surface area contributed by atoms with Crippen LogP contribution in [0.4, 0.5) is 22.7 Å². The third-order valence-electron chi connectivity index (χ3n) is 6.69. The van der Waals surface area contributed by atoms with E-state index in [2.05, 4.69) is 9.97 Å². The number of alkyl halides is 3. The van der Waals surface area contributed by atoms with Gasteiger partial charge in [0.1, 0.15) is 17.0 Å². The van der Waals surface area contributed by atoms with Crippen molar-refractivity contribution in [2.24, 2.45) is 5.73 Å². The number of benzene rings is 2. The first kappa shape index (κ1) is 33.5. The van der Waals surface area contributed by atoms with Crippen LogP contribution in [0.15, 0.2) is 47.4 Å². The van der Waals surface area contributed by atoms with Crippen LogP contribution in [-0.4, -0.2) is 60.4 Å². The number of halogens is 4. The van der Waals surface area contributed by atoms with Gasteiger partial charge < -0.3 is 26.6 Å². The van der Waals surface area contributed by atoms with Gasteiger partial charge in [-0.3, -0.25) is 9.59 Å². The van der Waals surface area contributed by atoms with Gasteiger partial charge in [0, 0.05) is 16.7 Å². The van der Waals surface area contributed by atoms with Gasteiger partial charge in [0.05, 0.1) is 40.6 Å². The Morgan fingerprint density at radius 3 is 2.33 bits per heavy atom. The number of amides is 2. The van der Waals surface area contributed by atoms with E-state index in [-0.39, 0.29) is 60.7 Å². The molecular weight excluding hydrogens is 642 g/mol. The Morgan fingerprint density at radius 2 is 1.76 bits per heavy atom. The zero-order chi connectivity index (χ0) is 33.3. The molecule has 45 heavy (non-hydrogen) atoms. The van der Waals surface area contributed by atoms with E-state index in [1.54, 1.807) is 6.92 Å². The fraction of sp³-hybridized carbons (Fsp3) is 0.286. The molecule has 0 fully saturated rings. The summed E-state index contributed by atoms with van der Waals surface area (Å²) in [6.07, 6.45) is -6.06. The molecule has 0 saturated carbocycles. The number of rotatable bonds is 11. The first-order chi connectivity index (χ1) is 21.0. The number of sulfone groups is 1. The Bertz CT molecular complexity index is 1880. The quantitative estimate of drug-likeness (QED) is 0.173. The Balaban J connectivity index is 1.82. The average Bonchev–Trinajstić information content (AvgIpc) is 3.36. The monoisotopic (exact) mass is 669 g/mol. The third kappa shape index (κ3) is 6.84. The number of ether oxygens (including phenoxy) is 1. The maximum Gasteiger partial charge on any atom is 0.424 e. The lowest BCUT2D eigenvalue weighted by Crippen LogP contribution is -2.51. The maximum absolute atomic E-state index is 14.6. The van der Waals surface area contributed by atoms with Crippen molar-refractivity contribution in [3.63, 3.8) is 0 Å². The SMILES string of the molecule is CCOc1c(CC(N)=O)cc([C@@](O)(CNC(=O)c2cc(F)c3nc(N)sc3c2)C(F)(F)F)nc1-c1ccc(S(=O)(=O)CC)cc1. The second kappa shape index (κ2) is 12.6.